The Labute approximate surface area is 102 Å². The number of aromatic nitrogens is 1. The van der Waals surface area contributed by atoms with Gasteiger partial charge in [0.1, 0.15) is 5.54 Å². The molecule has 17 heavy (non-hydrogen) atoms. The van der Waals surface area contributed by atoms with E-state index in [4.69, 9.17) is 0 Å². The number of carboxylic acids is 1. The molecule has 4 nitrogen and oxygen atoms in total. The Morgan fingerprint density at radius 3 is 2.76 bits per heavy atom. The van der Waals surface area contributed by atoms with Gasteiger partial charge in [-0.1, -0.05) is 19.9 Å². The highest BCUT2D eigenvalue weighted by atomic mass is 16.4. The van der Waals surface area contributed by atoms with E-state index in [1.54, 1.807) is 19.3 Å². The van der Waals surface area contributed by atoms with Gasteiger partial charge >= 0.3 is 5.97 Å². The fourth-order valence-corrected chi connectivity index (χ4v) is 1.85. The number of rotatable bonds is 6. The molecule has 0 saturated carbocycles. The van der Waals surface area contributed by atoms with E-state index in [1.807, 2.05) is 26.0 Å². The molecule has 1 aromatic rings. The Hall–Kier alpha value is -1.42. The van der Waals surface area contributed by atoms with Gasteiger partial charge in [-0.2, -0.15) is 0 Å². The van der Waals surface area contributed by atoms with Gasteiger partial charge in [-0.05, 0) is 30.9 Å². The van der Waals surface area contributed by atoms with Crippen LogP contribution in [0, 0.1) is 5.92 Å². The van der Waals surface area contributed by atoms with Crippen molar-refractivity contribution < 1.29 is 9.90 Å². The minimum Gasteiger partial charge on any atom is -0.480 e. The van der Waals surface area contributed by atoms with Crippen molar-refractivity contribution >= 4 is 5.97 Å². The van der Waals surface area contributed by atoms with E-state index in [9.17, 15) is 9.90 Å². The number of pyridine rings is 1. The molecule has 0 aliphatic rings. The maximum atomic E-state index is 11.3. The Kier molecular flexibility index (Phi) is 4.63. The van der Waals surface area contributed by atoms with Crippen molar-refractivity contribution in [1.29, 1.82) is 0 Å². The molecule has 0 aliphatic carbocycles. The summed E-state index contributed by atoms with van der Waals surface area (Å²) < 4.78 is 0. The average molecular weight is 236 g/mol. The van der Waals surface area contributed by atoms with Crippen molar-refractivity contribution in [2.45, 2.75) is 39.3 Å². The minimum atomic E-state index is -0.885. The van der Waals surface area contributed by atoms with Gasteiger partial charge in [-0.25, -0.2) is 0 Å². The molecule has 0 bridgehead atoms. The predicted octanol–water partition coefficient (Wildman–Crippen LogP) is 2.06. The van der Waals surface area contributed by atoms with E-state index in [2.05, 4.69) is 10.3 Å². The van der Waals surface area contributed by atoms with Crippen molar-refractivity contribution in [2.24, 2.45) is 5.92 Å². The molecule has 94 valence electrons. The molecule has 1 heterocycles. The van der Waals surface area contributed by atoms with Crippen LogP contribution in [-0.2, 0) is 11.3 Å². The Morgan fingerprint density at radius 1 is 1.59 bits per heavy atom. The second-order valence-corrected chi connectivity index (χ2v) is 4.95. The first-order chi connectivity index (χ1) is 7.94. The van der Waals surface area contributed by atoms with Crippen LogP contribution >= 0.6 is 0 Å². The lowest BCUT2D eigenvalue weighted by atomic mass is 9.90. The van der Waals surface area contributed by atoms with Crippen molar-refractivity contribution in [3.63, 3.8) is 0 Å². The van der Waals surface area contributed by atoms with Crippen LogP contribution in [0.5, 0.6) is 0 Å². The average Bonchev–Trinajstić information content (AvgIpc) is 2.27. The summed E-state index contributed by atoms with van der Waals surface area (Å²) in [5.41, 5.74) is 0.105. The van der Waals surface area contributed by atoms with Gasteiger partial charge in [-0.15, -0.1) is 0 Å². The quantitative estimate of drug-likeness (QED) is 0.793. The van der Waals surface area contributed by atoms with Crippen LogP contribution in [-0.4, -0.2) is 21.6 Å². The standard InChI is InChI=1S/C13H20N2O2/c1-10(2)7-13(3,12(16)17)15-9-11-5-4-6-14-8-11/h4-6,8,10,15H,7,9H2,1-3H3,(H,16,17). The van der Waals surface area contributed by atoms with E-state index < -0.39 is 11.5 Å². The summed E-state index contributed by atoms with van der Waals surface area (Å²) in [6.45, 7) is 6.29. The fourth-order valence-electron chi connectivity index (χ4n) is 1.85. The summed E-state index contributed by atoms with van der Waals surface area (Å²) in [7, 11) is 0. The van der Waals surface area contributed by atoms with Gasteiger partial charge < -0.3 is 5.11 Å². The molecule has 0 aliphatic heterocycles. The molecule has 0 aromatic carbocycles. The number of carboxylic acid groups (broad SMARTS) is 1. The van der Waals surface area contributed by atoms with Crippen LogP contribution < -0.4 is 5.32 Å². The molecular weight excluding hydrogens is 216 g/mol. The molecule has 0 saturated heterocycles. The lowest BCUT2D eigenvalue weighted by Gasteiger charge is -2.28. The van der Waals surface area contributed by atoms with Gasteiger partial charge in [-0.3, -0.25) is 15.1 Å². The summed E-state index contributed by atoms with van der Waals surface area (Å²) >= 11 is 0. The van der Waals surface area contributed by atoms with Crippen LogP contribution in [0.3, 0.4) is 0 Å². The van der Waals surface area contributed by atoms with Crippen LogP contribution in [0.4, 0.5) is 0 Å². The predicted molar refractivity (Wildman–Crippen MR) is 66.6 cm³/mol. The van der Waals surface area contributed by atoms with Gasteiger partial charge in [0, 0.05) is 18.9 Å². The smallest absolute Gasteiger partial charge is 0.323 e. The van der Waals surface area contributed by atoms with E-state index in [-0.39, 0.29) is 0 Å². The number of aliphatic carboxylic acids is 1. The summed E-state index contributed by atoms with van der Waals surface area (Å²) in [6.07, 6.45) is 4.04. The lowest BCUT2D eigenvalue weighted by molar-refractivity contribution is -0.145. The van der Waals surface area contributed by atoms with E-state index >= 15 is 0 Å². The Morgan fingerprint density at radius 2 is 2.29 bits per heavy atom. The molecule has 0 amide bonds. The molecule has 4 heteroatoms. The zero-order chi connectivity index (χ0) is 12.9. The summed E-state index contributed by atoms with van der Waals surface area (Å²) in [5.74, 6) is -0.479. The second kappa shape index (κ2) is 5.77. The van der Waals surface area contributed by atoms with E-state index in [1.165, 1.54) is 0 Å². The van der Waals surface area contributed by atoms with Crippen LogP contribution in [0.15, 0.2) is 24.5 Å². The topological polar surface area (TPSA) is 62.2 Å². The van der Waals surface area contributed by atoms with E-state index in [0.717, 1.165) is 5.56 Å². The highest BCUT2D eigenvalue weighted by Gasteiger charge is 2.33. The highest BCUT2D eigenvalue weighted by molar-refractivity contribution is 5.78. The van der Waals surface area contributed by atoms with Crippen LogP contribution in [0.1, 0.15) is 32.8 Å². The molecule has 0 radical (unpaired) electrons. The number of hydrogen-bond acceptors (Lipinski definition) is 3. The molecule has 1 aromatic heterocycles. The number of hydrogen-bond donors (Lipinski definition) is 2. The van der Waals surface area contributed by atoms with Crippen molar-refractivity contribution in [1.82, 2.24) is 10.3 Å². The van der Waals surface area contributed by atoms with Crippen molar-refractivity contribution in [2.75, 3.05) is 0 Å². The monoisotopic (exact) mass is 236 g/mol. The van der Waals surface area contributed by atoms with Gasteiger partial charge in [0.15, 0.2) is 0 Å². The van der Waals surface area contributed by atoms with Crippen LogP contribution in [0.2, 0.25) is 0 Å². The fraction of sp³-hybridized carbons (Fsp3) is 0.538. The first-order valence-electron chi connectivity index (χ1n) is 5.81. The third kappa shape index (κ3) is 4.15. The largest absolute Gasteiger partial charge is 0.480 e. The first kappa shape index (κ1) is 13.6. The summed E-state index contributed by atoms with van der Waals surface area (Å²) in [5, 5.41) is 12.4. The van der Waals surface area contributed by atoms with Crippen LogP contribution in [0.25, 0.3) is 0 Å². The van der Waals surface area contributed by atoms with Gasteiger partial charge in [0.05, 0.1) is 0 Å². The molecule has 1 unspecified atom stereocenters. The zero-order valence-electron chi connectivity index (χ0n) is 10.6. The Bertz CT molecular complexity index is 365. The molecule has 0 fully saturated rings. The number of nitrogens with zero attached hydrogens (tertiary/aromatic N) is 1. The van der Waals surface area contributed by atoms with E-state index in [0.29, 0.717) is 18.9 Å². The Balaban J connectivity index is 2.65. The van der Waals surface area contributed by atoms with Crippen molar-refractivity contribution in [3.8, 4) is 0 Å². The van der Waals surface area contributed by atoms with Gasteiger partial charge in [0.25, 0.3) is 0 Å². The second-order valence-electron chi connectivity index (χ2n) is 4.95. The minimum absolute atomic E-state index is 0.331. The number of carbonyl (C=O) groups is 1. The van der Waals surface area contributed by atoms with Crippen molar-refractivity contribution in [3.05, 3.63) is 30.1 Å². The molecule has 1 atom stereocenters. The maximum absolute atomic E-state index is 11.3. The summed E-state index contributed by atoms with van der Waals surface area (Å²) in [6, 6.07) is 3.77. The molecular formula is C13H20N2O2. The zero-order valence-corrected chi connectivity index (χ0v) is 10.6. The SMILES string of the molecule is CC(C)CC(C)(NCc1cccnc1)C(=O)O. The molecule has 0 spiro atoms. The van der Waals surface area contributed by atoms with Gasteiger partial charge in [0.2, 0.25) is 0 Å². The molecule has 1 rings (SSSR count). The molecule has 2 N–H and O–H groups in total. The highest BCUT2D eigenvalue weighted by Crippen LogP contribution is 2.17. The first-order valence-corrected chi connectivity index (χ1v) is 5.81. The maximum Gasteiger partial charge on any atom is 0.323 e. The normalized spacial score (nSPS) is 14.6. The third-order valence-corrected chi connectivity index (χ3v) is 2.69. The third-order valence-electron chi connectivity index (χ3n) is 2.69. The number of nitrogens with one attached hydrogen (secondary N) is 1. The lowest BCUT2D eigenvalue weighted by Crippen LogP contribution is -2.49. The summed E-state index contributed by atoms with van der Waals surface area (Å²) in [4.78, 5) is 15.3.